The van der Waals surface area contributed by atoms with Gasteiger partial charge in [-0.05, 0) is 63.3 Å². The summed E-state index contributed by atoms with van der Waals surface area (Å²) >= 11 is 0. The molecule has 1 atom stereocenters. The minimum absolute atomic E-state index is 0.0882. The number of benzene rings is 2. The lowest BCUT2D eigenvalue weighted by Crippen LogP contribution is -2.48. The summed E-state index contributed by atoms with van der Waals surface area (Å²) in [5.41, 5.74) is 0.898. The summed E-state index contributed by atoms with van der Waals surface area (Å²) in [6, 6.07) is 7.08. The fourth-order valence-corrected chi connectivity index (χ4v) is 3.71. The molecule has 1 unspecified atom stereocenters. The SMILES string of the molecule is CC(C)Cn1nc(Oc2ccc(F)cc2F)c2ccc(C(=O)NC(CCN(C)C)C(=O)NCCO)cc21. The fourth-order valence-electron chi connectivity index (χ4n) is 3.71. The van der Waals surface area contributed by atoms with Gasteiger partial charge in [0.2, 0.25) is 11.8 Å². The van der Waals surface area contributed by atoms with Crippen LogP contribution in [0.15, 0.2) is 36.4 Å². The van der Waals surface area contributed by atoms with E-state index in [2.05, 4.69) is 15.7 Å². The van der Waals surface area contributed by atoms with Crippen molar-refractivity contribution >= 4 is 22.7 Å². The highest BCUT2D eigenvalue weighted by Gasteiger charge is 2.23. The van der Waals surface area contributed by atoms with Crippen LogP contribution in [0.2, 0.25) is 0 Å². The van der Waals surface area contributed by atoms with E-state index in [1.165, 1.54) is 6.07 Å². The molecule has 37 heavy (non-hydrogen) atoms. The second-order valence-electron chi connectivity index (χ2n) is 9.42. The maximum absolute atomic E-state index is 14.2. The van der Waals surface area contributed by atoms with Gasteiger partial charge in [0, 0.05) is 24.7 Å². The van der Waals surface area contributed by atoms with E-state index in [4.69, 9.17) is 9.84 Å². The molecule has 0 aliphatic carbocycles. The first kappa shape index (κ1) is 28.0. The lowest BCUT2D eigenvalue weighted by Gasteiger charge is -2.20. The first-order valence-electron chi connectivity index (χ1n) is 12.1. The number of hydrogen-bond acceptors (Lipinski definition) is 6. The number of nitrogens with one attached hydrogen (secondary N) is 2. The zero-order valence-electron chi connectivity index (χ0n) is 21.4. The van der Waals surface area contributed by atoms with Gasteiger partial charge in [0.25, 0.3) is 5.91 Å². The molecular weight excluding hydrogens is 484 g/mol. The Kier molecular flexibility index (Phi) is 9.54. The van der Waals surface area contributed by atoms with Crippen LogP contribution in [0.5, 0.6) is 11.6 Å². The van der Waals surface area contributed by atoms with E-state index in [0.717, 1.165) is 12.1 Å². The first-order chi connectivity index (χ1) is 17.6. The molecule has 0 aliphatic heterocycles. The second-order valence-corrected chi connectivity index (χ2v) is 9.42. The number of aliphatic hydroxyl groups excluding tert-OH is 1. The van der Waals surface area contributed by atoms with Gasteiger partial charge < -0.3 is 25.4 Å². The lowest BCUT2D eigenvalue weighted by atomic mass is 10.1. The molecule has 0 saturated heterocycles. The number of aromatic nitrogens is 2. The quantitative estimate of drug-likeness (QED) is 0.341. The number of fused-ring (bicyclic) bond motifs is 1. The molecule has 0 aliphatic rings. The molecule has 0 fully saturated rings. The number of aliphatic hydroxyl groups is 1. The average Bonchev–Trinajstić information content (AvgIpc) is 3.17. The predicted molar refractivity (Wildman–Crippen MR) is 136 cm³/mol. The summed E-state index contributed by atoms with van der Waals surface area (Å²) in [5, 5.41) is 19.4. The number of halogens is 2. The Hall–Kier alpha value is -3.57. The van der Waals surface area contributed by atoms with E-state index >= 15 is 0 Å². The summed E-state index contributed by atoms with van der Waals surface area (Å²) in [6.07, 6.45) is 0.380. The van der Waals surface area contributed by atoms with E-state index in [0.29, 0.717) is 36.0 Å². The maximum atomic E-state index is 14.2. The number of carbonyl (C=O) groups is 2. The predicted octanol–water partition coefficient (Wildman–Crippen LogP) is 2.92. The van der Waals surface area contributed by atoms with Gasteiger partial charge in [-0.3, -0.25) is 14.3 Å². The van der Waals surface area contributed by atoms with Gasteiger partial charge in [-0.15, -0.1) is 5.10 Å². The smallest absolute Gasteiger partial charge is 0.252 e. The van der Waals surface area contributed by atoms with Crippen molar-refractivity contribution in [3.05, 3.63) is 53.6 Å². The van der Waals surface area contributed by atoms with Crippen molar-refractivity contribution in [3.63, 3.8) is 0 Å². The monoisotopic (exact) mass is 517 g/mol. The molecule has 1 aromatic heterocycles. The van der Waals surface area contributed by atoms with E-state index in [1.807, 2.05) is 32.8 Å². The van der Waals surface area contributed by atoms with Crippen molar-refractivity contribution in [1.82, 2.24) is 25.3 Å². The third kappa shape index (κ3) is 7.46. The number of amides is 2. The Morgan fingerprint density at radius 2 is 1.92 bits per heavy atom. The third-order valence-electron chi connectivity index (χ3n) is 5.52. The van der Waals surface area contributed by atoms with E-state index in [9.17, 15) is 18.4 Å². The molecule has 0 saturated carbocycles. The Morgan fingerprint density at radius 1 is 1.16 bits per heavy atom. The highest BCUT2D eigenvalue weighted by Crippen LogP contribution is 2.32. The molecule has 11 heteroatoms. The highest BCUT2D eigenvalue weighted by molar-refractivity contribution is 6.01. The Labute approximate surface area is 214 Å². The Bertz CT molecular complexity index is 1250. The minimum atomic E-state index is -0.856. The summed E-state index contributed by atoms with van der Waals surface area (Å²) < 4.78 is 34.8. The molecule has 0 radical (unpaired) electrons. The van der Waals surface area contributed by atoms with Crippen LogP contribution in [-0.4, -0.2) is 71.4 Å². The zero-order chi connectivity index (χ0) is 27.1. The van der Waals surface area contributed by atoms with Crippen molar-refractivity contribution in [2.75, 3.05) is 33.8 Å². The van der Waals surface area contributed by atoms with Gasteiger partial charge in [-0.25, -0.2) is 8.78 Å². The van der Waals surface area contributed by atoms with Crippen LogP contribution >= 0.6 is 0 Å². The van der Waals surface area contributed by atoms with Crippen LogP contribution in [0.1, 0.15) is 30.6 Å². The number of rotatable bonds is 12. The zero-order valence-corrected chi connectivity index (χ0v) is 21.4. The normalized spacial score (nSPS) is 12.2. The van der Waals surface area contributed by atoms with Gasteiger partial charge in [-0.2, -0.15) is 0 Å². The minimum Gasteiger partial charge on any atom is -0.434 e. The molecule has 0 spiro atoms. The summed E-state index contributed by atoms with van der Waals surface area (Å²) in [4.78, 5) is 27.6. The molecular formula is C26H33F2N5O4. The summed E-state index contributed by atoms with van der Waals surface area (Å²) in [6.45, 7) is 4.97. The van der Waals surface area contributed by atoms with Crippen LogP contribution in [0.3, 0.4) is 0 Å². The standard InChI is InChI=1S/C26H33F2N5O4/c1-16(2)15-33-22-13-17(24(35)30-21(9-11-32(3)4)25(36)29-10-12-34)5-7-19(22)26(31-33)37-23-8-6-18(27)14-20(23)28/h5-8,13-14,16,21,34H,9-12,15H2,1-4H3,(H,29,36)(H,30,35). The number of hydrogen-bond donors (Lipinski definition) is 3. The largest absolute Gasteiger partial charge is 0.434 e. The first-order valence-corrected chi connectivity index (χ1v) is 12.1. The summed E-state index contributed by atoms with van der Waals surface area (Å²) in [5.74, 6) is -2.24. The topological polar surface area (TPSA) is 109 Å². The van der Waals surface area contributed by atoms with Crippen molar-refractivity contribution in [2.45, 2.75) is 32.9 Å². The van der Waals surface area contributed by atoms with Crippen molar-refractivity contribution in [1.29, 1.82) is 0 Å². The van der Waals surface area contributed by atoms with Crippen LogP contribution in [0.25, 0.3) is 10.9 Å². The Morgan fingerprint density at radius 3 is 2.57 bits per heavy atom. The molecule has 3 N–H and O–H groups in total. The van der Waals surface area contributed by atoms with Gasteiger partial charge in [-0.1, -0.05) is 13.8 Å². The molecule has 1 heterocycles. The molecule has 2 amide bonds. The molecule has 200 valence electrons. The summed E-state index contributed by atoms with van der Waals surface area (Å²) in [7, 11) is 3.73. The highest BCUT2D eigenvalue weighted by atomic mass is 19.1. The third-order valence-corrected chi connectivity index (χ3v) is 5.52. The van der Waals surface area contributed by atoms with E-state index in [-0.39, 0.29) is 36.6 Å². The van der Waals surface area contributed by atoms with Gasteiger partial charge in [0.15, 0.2) is 11.6 Å². The molecule has 0 bridgehead atoms. The lowest BCUT2D eigenvalue weighted by molar-refractivity contribution is -0.123. The van der Waals surface area contributed by atoms with Crippen molar-refractivity contribution in [2.24, 2.45) is 5.92 Å². The van der Waals surface area contributed by atoms with Crippen LogP contribution < -0.4 is 15.4 Å². The van der Waals surface area contributed by atoms with E-state index < -0.39 is 23.6 Å². The van der Waals surface area contributed by atoms with Gasteiger partial charge in [0.05, 0.1) is 17.5 Å². The molecule has 3 aromatic rings. The van der Waals surface area contributed by atoms with Crippen molar-refractivity contribution < 1.29 is 28.2 Å². The number of ether oxygens (including phenoxy) is 1. The number of carbonyl (C=O) groups excluding carboxylic acids is 2. The van der Waals surface area contributed by atoms with Crippen LogP contribution in [0.4, 0.5) is 8.78 Å². The molecule has 9 nitrogen and oxygen atoms in total. The van der Waals surface area contributed by atoms with Crippen LogP contribution in [0, 0.1) is 17.6 Å². The number of nitrogens with zero attached hydrogens (tertiary/aromatic N) is 3. The fraction of sp³-hybridized carbons (Fsp3) is 0.423. The second kappa shape index (κ2) is 12.6. The molecule has 3 rings (SSSR count). The average molecular weight is 518 g/mol. The van der Waals surface area contributed by atoms with Gasteiger partial charge >= 0.3 is 0 Å². The molecule has 2 aromatic carbocycles. The maximum Gasteiger partial charge on any atom is 0.252 e. The van der Waals surface area contributed by atoms with Crippen LogP contribution in [-0.2, 0) is 11.3 Å². The van der Waals surface area contributed by atoms with E-state index in [1.54, 1.807) is 22.9 Å². The van der Waals surface area contributed by atoms with Crippen molar-refractivity contribution in [3.8, 4) is 11.6 Å². The van der Waals surface area contributed by atoms with Gasteiger partial charge in [0.1, 0.15) is 11.9 Å². The Balaban J connectivity index is 1.91.